The van der Waals surface area contributed by atoms with E-state index < -0.39 is 22.0 Å². The molecular weight excluding hydrogens is 333 g/mol. The van der Waals surface area contributed by atoms with Crippen LogP contribution in [-0.4, -0.2) is 20.0 Å². The number of aromatic hydroxyl groups is 1. The third-order valence-corrected chi connectivity index (χ3v) is 3.24. The fraction of sp³-hybridized carbons (Fsp3) is 0. The van der Waals surface area contributed by atoms with Crippen molar-refractivity contribution >= 4 is 17.8 Å². The second kappa shape index (κ2) is 6.40. The monoisotopic (exact) mass is 343 g/mol. The number of aromatic amines is 1. The van der Waals surface area contributed by atoms with Crippen molar-refractivity contribution in [2.45, 2.75) is 0 Å². The van der Waals surface area contributed by atoms with Gasteiger partial charge in [0, 0.05) is 5.56 Å². The van der Waals surface area contributed by atoms with Gasteiger partial charge in [0.2, 0.25) is 0 Å². The zero-order valence-corrected chi connectivity index (χ0v) is 12.5. The molecule has 0 radical (unpaired) electrons. The van der Waals surface area contributed by atoms with Crippen molar-refractivity contribution in [1.29, 1.82) is 0 Å². The van der Waals surface area contributed by atoms with Gasteiger partial charge in [-0.15, -0.1) is 0 Å². The first-order valence-corrected chi connectivity index (χ1v) is 6.95. The smallest absolute Gasteiger partial charge is 0.395 e. The molecule has 0 aliphatic heterocycles. The van der Waals surface area contributed by atoms with Gasteiger partial charge in [0.15, 0.2) is 0 Å². The predicted molar refractivity (Wildman–Crippen MR) is 86.2 cm³/mol. The summed E-state index contributed by atoms with van der Waals surface area (Å²) in [5.74, 6) is -0.497. The normalized spacial score (nSPS) is 11.1. The summed E-state index contributed by atoms with van der Waals surface area (Å²) in [6, 6.07) is 9.06. The van der Waals surface area contributed by atoms with Crippen LogP contribution in [0.1, 0.15) is 11.6 Å². The molecule has 2 heterocycles. The lowest BCUT2D eigenvalue weighted by atomic mass is 10.2. The maximum atomic E-state index is 12.9. The lowest BCUT2D eigenvalue weighted by Gasteiger charge is -1.97. The molecule has 0 fully saturated rings. The van der Waals surface area contributed by atoms with Crippen LogP contribution in [0.4, 0.5) is 10.1 Å². The zero-order chi connectivity index (χ0) is 18.0. The standard InChI is InChI=1S/C16H10FN3O5/c17-10-3-1-9(2-4-10)12-7-5-11(25-12)6-8-13-18-15(21)14(20(23)24)16(22)19-13/h1-8H,(H2,18,19,21,22)/b8-6+. The van der Waals surface area contributed by atoms with Crippen LogP contribution in [0.25, 0.3) is 23.5 Å². The Kier molecular flexibility index (Phi) is 4.12. The van der Waals surface area contributed by atoms with E-state index in [9.17, 15) is 24.4 Å². The number of benzene rings is 1. The second-order valence-electron chi connectivity index (χ2n) is 4.92. The number of nitro groups is 1. The SMILES string of the molecule is O=c1[nH]c(/C=C/c2ccc(-c3ccc(F)cc3)o2)nc(O)c1[N+](=O)[O-]. The van der Waals surface area contributed by atoms with Crippen molar-refractivity contribution in [3.05, 3.63) is 74.3 Å². The van der Waals surface area contributed by atoms with Gasteiger partial charge >= 0.3 is 11.2 Å². The fourth-order valence-corrected chi connectivity index (χ4v) is 2.09. The van der Waals surface area contributed by atoms with E-state index in [2.05, 4.69) is 9.97 Å². The molecule has 0 saturated carbocycles. The minimum Gasteiger partial charge on any atom is -0.488 e. The molecule has 0 unspecified atom stereocenters. The fourth-order valence-electron chi connectivity index (χ4n) is 2.09. The number of nitrogens with one attached hydrogen (secondary N) is 1. The van der Waals surface area contributed by atoms with Crippen molar-refractivity contribution in [2.24, 2.45) is 0 Å². The van der Waals surface area contributed by atoms with Gasteiger partial charge in [-0.3, -0.25) is 14.9 Å². The summed E-state index contributed by atoms with van der Waals surface area (Å²) in [6.45, 7) is 0. The van der Waals surface area contributed by atoms with Crippen LogP contribution in [-0.2, 0) is 0 Å². The molecular formula is C16H10FN3O5. The van der Waals surface area contributed by atoms with Gasteiger partial charge in [0.25, 0.3) is 5.88 Å². The van der Waals surface area contributed by atoms with Crippen molar-refractivity contribution in [3.8, 4) is 17.2 Å². The van der Waals surface area contributed by atoms with Gasteiger partial charge in [-0.2, -0.15) is 4.98 Å². The molecule has 0 aliphatic carbocycles. The van der Waals surface area contributed by atoms with Crippen LogP contribution in [0.2, 0.25) is 0 Å². The van der Waals surface area contributed by atoms with Crippen LogP contribution in [0.5, 0.6) is 5.88 Å². The lowest BCUT2D eigenvalue weighted by molar-refractivity contribution is -0.387. The van der Waals surface area contributed by atoms with E-state index in [-0.39, 0.29) is 11.6 Å². The third-order valence-electron chi connectivity index (χ3n) is 3.24. The lowest BCUT2D eigenvalue weighted by Crippen LogP contribution is -2.14. The van der Waals surface area contributed by atoms with Crippen LogP contribution >= 0.6 is 0 Å². The Labute approximate surface area is 139 Å². The van der Waals surface area contributed by atoms with E-state index in [1.807, 2.05) is 0 Å². The molecule has 0 saturated heterocycles. The molecule has 126 valence electrons. The molecule has 2 N–H and O–H groups in total. The first kappa shape index (κ1) is 16.1. The minimum absolute atomic E-state index is 0.0761. The van der Waals surface area contributed by atoms with Crippen LogP contribution in [0.3, 0.4) is 0 Å². The van der Waals surface area contributed by atoms with Crippen molar-refractivity contribution in [2.75, 3.05) is 0 Å². The maximum absolute atomic E-state index is 12.9. The van der Waals surface area contributed by atoms with E-state index >= 15 is 0 Å². The van der Waals surface area contributed by atoms with Gasteiger partial charge in [0.1, 0.15) is 23.2 Å². The molecule has 0 amide bonds. The molecule has 1 aromatic carbocycles. The van der Waals surface area contributed by atoms with Crippen molar-refractivity contribution in [3.63, 3.8) is 0 Å². The van der Waals surface area contributed by atoms with Crippen molar-refractivity contribution in [1.82, 2.24) is 9.97 Å². The average Bonchev–Trinajstić information content (AvgIpc) is 3.01. The molecule has 0 aliphatic rings. The average molecular weight is 343 g/mol. The first-order valence-electron chi connectivity index (χ1n) is 6.95. The summed E-state index contributed by atoms with van der Waals surface area (Å²) in [6.07, 6.45) is 2.77. The maximum Gasteiger partial charge on any atom is 0.395 e. The van der Waals surface area contributed by atoms with E-state index in [0.717, 1.165) is 0 Å². The quantitative estimate of drug-likeness (QED) is 0.555. The van der Waals surface area contributed by atoms with E-state index in [1.54, 1.807) is 24.3 Å². The van der Waals surface area contributed by atoms with Crippen LogP contribution in [0, 0.1) is 15.9 Å². The second-order valence-corrected chi connectivity index (χ2v) is 4.92. The van der Waals surface area contributed by atoms with Gasteiger partial charge in [-0.05, 0) is 48.6 Å². The van der Waals surface area contributed by atoms with Crippen LogP contribution in [0.15, 0.2) is 45.6 Å². The summed E-state index contributed by atoms with van der Waals surface area (Å²) in [5.41, 5.74) is -1.40. The number of hydrogen-bond acceptors (Lipinski definition) is 6. The molecule has 0 spiro atoms. The Bertz CT molecular complexity index is 1020. The Morgan fingerprint density at radius 2 is 1.92 bits per heavy atom. The highest BCUT2D eigenvalue weighted by Crippen LogP contribution is 2.23. The summed E-state index contributed by atoms with van der Waals surface area (Å²) >= 11 is 0. The Balaban J connectivity index is 1.85. The molecule has 3 rings (SSSR count). The third kappa shape index (κ3) is 3.44. The van der Waals surface area contributed by atoms with Crippen molar-refractivity contribution < 1.29 is 18.8 Å². The van der Waals surface area contributed by atoms with Gasteiger partial charge in [-0.25, -0.2) is 4.39 Å². The number of aromatic nitrogens is 2. The van der Waals surface area contributed by atoms with Crippen LogP contribution < -0.4 is 5.56 Å². The Morgan fingerprint density at radius 3 is 2.56 bits per heavy atom. The topological polar surface area (TPSA) is 122 Å². The predicted octanol–water partition coefficient (Wildman–Crippen LogP) is 2.95. The summed E-state index contributed by atoms with van der Waals surface area (Å²) in [4.78, 5) is 26.9. The highest BCUT2D eigenvalue weighted by molar-refractivity contribution is 5.67. The molecule has 0 atom stereocenters. The number of halogens is 1. The molecule has 9 heteroatoms. The highest BCUT2D eigenvalue weighted by atomic mass is 19.1. The van der Waals surface area contributed by atoms with Gasteiger partial charge < -0.3 is 14.5 Å². The first-order chi connectivity index (χ1) is 11.9. The summed E-state index contributed by atoms with van der Waals surface area (Å²) < 4.78 is 18.5. The number of H-pyrrole nitrogens is 1. The number of furan rings is 1. The Hall–Kier alpha value is -3.75. The summed E-state index contributed by atoms with van der Waals surface area (Å²) in [5, 5.41) is 20.1. The molecule has 2 aromatic heterocycles. The van der Waals surface area contributed by atoms with Gasteiger partial charge in [0.05, 0.1) is 4.92 Å². The zero-order valence-electron chi connectivity index (χ0n) is 12.5. The Morgan fingerprint density at radius 1 is 1.20 bits per heavy atom. The van der Waals surface area contributed by atoms with E-state index in [0.29, 0.717) is 17.1 Å². The minimum atomic E-state index is -1.07. The highest BCUT2D eigenvalue weighted by Gasteiger charge is 2.21. The molecule has 3 aromatic rings. The largest absolute Gasteiger partial charge is 0.488 e. The molecule has 8 nitrogen and oxygen atoms in total. The number of rotatable bonds is 4. The van der Waals surface area contributed by atoms with E-state index in [4.69, 9.17) is 4.42 Å². The van der Waals surface area contributed by atoms with E-state index in [1.165, 1.54) is 24.3 Å². The van der Waals surface area contributed by atoms with Gasteiger partial charge in [-0.1, -0.05) is 0 Å². The summed E-state index contributed by atoms with van der Waals surface area (Å²) in [7, 11) is 0. The number of nitrogens with zero attached hydrogens (tertiary/aromatic N) is 2. The molecule has 25 heavy (non-hydrogen) atoms. The number of hydrogen-bond donors (Lipinski definition) is 2. The molecule has 0 bridgehead atoms.